The van der Waals surface area contributed by atoms with E-state index in [0.29, 0.717) is 18.7 Å². The van der Waals surface area contributed by atoms with Gasteiger partial charge in [-0.15, -0.1) is 0 Å². The first kappa shape index (κ1) is 15.8. The molecule has 0 aromatic rings. The van der Waals surface area contributed by atoms with E-state index in [1.807, 2.05) is 6.92 Å². The van der Waals surface area contributed by atoms with Crippen molar-refractivity contribution in [3.8, 4) is 0 Å². The smallest absolute Gasteiger partial charge is 0.249 e. The molecule has 2 aliphatic rings. The molecule has 2 rings (SSSR count). The standard InChI is InChI=1S/C16H30N2O2/c1-13(16(19)18-15-8-3-2-4-9-15)20-12-10-14-7-5-6-11-17-14/h13-15,17H,2-12H2,1H3,(H,18,19). The summed E-state index contributed by atoms with van der Waals surface area (Å²) in [5.74, 6) is 0.0634. The first-order chi connectivity index (χ1) is 9.75. The molecule has 116 valence electrons. The van der Waals surface area contributed by atoms with Crippen LogP contribution in [0.15, 0.2) is 0 Å². The van der Waals surface area contributed by atoms with Gasteiger partial charge < -0.3 is 15.4 Å². The van der Waals surface area contributed by atoms with Crippen molar-refractivity contribution >= 4 is 5.91 Å². The molecule has 1 aliphatic carbocycles. The molecule has 4 heteroatoms. The van der Waals surface area contributed by atoms with E-state index in [9.17, 15) is 4.79 Å². The summed E-state index contributed by atoms with van der Waals surface area (Å²) in [6, 6.07) is 0.958. The number of piperidine rings is 1. The van der Waals surface area contributed by atoms with Gasteiger partial charge in [0.2, 0.25) is 5.91 Å². The van der Waals surface area contributed by atoms with Crippen LogP contribution >= 0.6 is 0 Å². The lowest BCUT2D eigenvalue weighted by Gasteiger charge is -2.26. The number of hydrogen-bond donors (Lipinski definition) is 2. The Hall–Kier alpha value is -0.610. The summed E-state index contributed by atoms with van der Waals surface area (Å²) in [6.45, 7) is 3.67. The van der Waals surface area contributed by atoms with Crippen molar-refractivity contribution < 1.29 is 9.53 Å². The third-order valence-electron chi connectivity index (χ3n) is 4.57. The summed E-state index contributed by atoms with van der Waals surface area (Å²) < 4.78 is 5.70. The van der Waals surface area contributed by atoms with Gasteiger partial charge in [0.05, 0.1) is 0 Å². The molecule has 1 saturated carbocycles. The molecule has 1 heterocycles. The summed E-state index contributed by atoms with van der Waals surface area (Å²) in [7, 11) is 0. The van der Waals surface area contributed by atoms with Gasteiger partial charge in [-0.1, -0.05) is 25.7 Å². The minimum atomic E-state index is -0.319. The summed E-state index contributed by atoms with van der Waals surface area (Å²) >= 11 is 0. The molecule has 1 saturated heterocycles. The van der Waals surface area contributed by atoms with Gasteiger partial charge in [0.1, 0.15) is 6.10 Å². The maximum Gasteiger partial charge on any atom is 0.249 e. The van der Waals surface area contributed by atoms with E-state index in [4.69, 9.17) is 4.74 Å². The van der Waals surface area contributed by atoms with Gasteiger partial charge in [-0.25, -0.2) is 0 Å². The lowest BCUT2D eigenvalue weighted by molar-refractivity contribution is -0.132. The molecule has 0 aromatic carbocycles. The van der Waals surface area contributed by atoms with Crippen molar-refractivity contribution in [2.24, 2.45) is 0 Å². The first-order valence-corrected chi connectivity index (χ1v) is 8.41. The number of hydrogen-bond acceptors (Lipinski definition) is 3. The van der Waals surface area contributed by atoms with Crippen LogP contribution in [0.3, 0.4) is 0 Å². The first-order valence-electron chi connectivity index (χ1n) is 8.41. The van der Waals surface area contributed by atoms with Crippen LogP contribution in [-0.2, 0) is 9.53 Å². The lowest BCUT2D eigenvalue weighted by atomic mass is 9.95. The number of nitrogens with one attached hydrogen (secondary N) is 2. The molecular weight excluding hydrogens is 252 g/mol. The molecule has 1 aliphatic heterocycles. The van der Waals surface area contributed by atoms with Crippen molar-refractivity contribution in [2.45, 2.75) is 82.9 Å². The molecule has 2 unspecified atom stereocenters. The quantitative estimate of drug-likeness (QED) is 0.786. The normalized spacial score (nSPS) is 26.1. The fraction of sp³-hybridized carbons (Fsp3) is 0.938. The zero-order chi connectivity index (χ0) is 14.2. The van der Waals surface area contributed by atoms with Gasteiger partial charge in [-0.2, -0.15) is 0 Å². The van der Waals surface area contributed by atoms with Gasteiger partial charge in [-0.3, -0.25) is 4.79 Å². The summed E-state index contributed by atoms with van der Waals surface area (Å²) in [4.78, 5) is 12.0. The molecule has 1 amide bonds. The molecule has 2 fully saturated rings. The Labute approximate surface area is 123 Å². The van der Waals surface area contributed by atoms with Crippen LogP contribution in [-0.4, -0.2) is 37.2 Å². The Kier molecular flexibility index (Phi) is 6.80. The molecule has 20 heavy (non-hydrogen) atoms. The van der Waals surface area contributed by atoms with Crippen LogP contribution < -0.4 is 10.6 Å². The fourth-order valence-corrected chi connectivity index (χ4v) is 3.20. The average Bonchev–Trinajstić information content (AvgIpc) is 2.49. The molecule has 0 radical (unpaired) electrons. The van der Waals surface area contributed by atoms with Crippen molar-refractivity contribution in [3.63, 3.8) is 0 Å². The summed E-state index contributed by atoms with van der Waals surface area (Å²) in [5.41, 5.74) is 0. The number of ether oxygens (including phenoxy) is 1. The Morgan fingerprint density at radius 1 is 1.20 bits per heavy atom. The third-order valence-corrected chi connectivity index (χ3v) is 4.57. The van der Waals surface area contributed by atoms with Gasteiger partial charge in [0, 0.05) is 18.7 Å². The molecule has 2 N–H and O–H groups in total. The third kappa shape index (κ3) is 5.41. The largest absolute Gasteiger partial charge is 0.369 e. The predicted molar refractivity (Wildman–Crippen MR) is 80.7 cm³/mol. The highest BCUT2D eigenvalue weighted by molar-refractivity contribution is 5.80. The van der Waals surface area contributed by atoms with E-state index in [1.165, 1.54) is 38.5 Å². The van der Waals surface area contributed by atoms with Crippen molar-refractivity contribution in [1.29, 1.82) is 0 Å². The maximum absolute atomic E-state index is 12.0. The maximum atomic E-state index is 12.0. The zero-order valence-electron chi connectivity index (χ0n) is 12.8. The SMILES string of the molecule is CC(OCCC1CCCCN1)C(=O)NC1CCCCC1. The van der Waals surface area contributed by atoms with Crippen molar-refractivity contribution in [1.82, 2.24) is 10.6 Å². The van der Waals surface area contributed by atoms with Gasteiger partial charge in [-0.05, 0) is 45.6 Å². The average molecular weight is 282 g/mol. The second kappa shape index (κ2) is 8.63. The van der Waals surface area contributed by atoms with Crippen molar-refractivity contribution in [2.75, 3.05) is 13.2 Å². The number of carbonyl (C=O) groups excluding carboxylic acids is 1. The molecule has 0 bridgehead atoms. The zero-order valence-corrected chi connectivity index (χ0v) is 12.8. The van der Waals surface area contributed by atoms with Gasteiger partial charge in [0.15, 0.2) is 0 Å². The molecular formula is C16H30N2O2. The summed E-state index contributed by atoms with van der Waals surface area (Å²) in [6.07, 6.45) is 10.6. The van der Waals surface area contributed by atoms with Crippen LogP contribution in [0.1, 0.15) is 64.7 Å². The van der Waals surface area contributed by atoms with Crippen LogP contribution in [0.4, 0.5) is 0 Å². The van der Waals surface area contributed by atoms with E-state index in [1.54, 1.807) is 0 Å². The monoisotopic (exact) mass is 282 g/mol. The molecule has 0 spiro atoms. The molecule has 0 aromatic heterocycles. The number of carbonyl (C=O) groups is 1. The Bertz CT molecular complexity index is 284. The van der Waals surface area contributed by atoms with Crippen LogP contribution in [0.2, 0.25) is 0 Å². The second-order valence-corrected chi connectivity index (χ2v) is 6.29. The minimum absolute atomic E-state index is 0.0634. The van der Waals surface area contributed by atoms with Gasteiger partial charge >= 0.3 is 0 Å². The van der Waals surface area contributed by atoms with Crippen LogP contribution in [0.5, 0.6) is 0 Å². The second-order valence-electron chi connectivity index (χ2n) is 6.29. The Morgan fingerprint density at radius 3 is 2.65 bits per heavy atom. The molecule has 4 nitrogen and oxygen atoms in total. The Morgan fingerprint density at radius 2 is 1.95 bits per heavy atom. The minimum Gasteiger partial charge on any atom is -0.369 e. The topological polar surface area (TPSA) is 50.4 Å². The highest BCUT2D eigenvalue weighted by Crippen LogP contribution is 2.17. The van der Waals surface area contributed by atoms with E-state index in [-0.39, 0.29) is 12.0 Å². The van der Waals surface area contributed by atoms with E-state index >= 15 is 0 Å². The highest BCUT2D eigenvalue weighted by Gasteiger charge is 2.20. The van der Waals surface area contributed by atoms with E-state index in [2.05, 4.69) is 10.6 Å². The van der Waals surface area contributed by atoms with Crippen LogP contribution in [0, 0.1) is 0 Å². The number of amides is 1. The molecule has 2 atom stereocenters. The van der Waals surface area contributed by atoms with Crippen molar-refractivity contribution in [3.05, 3.63) is 0 Å². The predicted octanol–water partition coefficient (Wildman–Crippen LogP) is 2.37. The Balaban J connectivity index is 1.58. The van der Waals surface area contributed by atoms with Gasteiger partial charge in [0.25, 0.3) is 0 Å². The lowest BCUT2D eigenvalue weighted by Crippen LogP contribution is -2.42. The number of rotatable bonds is 6. The fourth-order valence-electron chi connectivity index (χ4n) is 3.20. The van der Waals surface area contributed by atoms with E-state index in [0.717, 1.165) is 25.8 Å². The highest BCUT2D eigenvalue weighted by atomic mass is 16.5. The summed E-state index contributed by atoms with van der Waals surface area (Å²) in [5, 5.41) is 6.63. The van der Waals surface area contributed by atoms with E-state index < -0.39 is 0 Å². The van der Waals surface area contributed by atoms with Crippen LogP contribution in [0.25, 0.3) is 0 Å².